The molecular weight excluding hydrogens is 356 g/mol. The Balaban J connectivity index is 1.37. The number of benzene rings is 1. The number of nitrogens with zero attached hydrogens (tertiary/aromatic N) is 3. The summed E-state index contributed by atoms with van der Waals surface area (Å²) in [6.45, 7) is 6.92. The number of ether oxygens (including phenoxy) is 1. The summed E-state index contributed by atoms with van der Waals surface area (Å²) in [4.78, 5) is 31.4. The molecule has 3 aliphatic rings. The van der Waals surface area contributed by atoms with E-state index in [1.807, 2.05) is 30.1 Å². The van der Waals surface area contributed by atoms with Crippen LogP contribution in [0.5, 0.6) is 0 Å². The molecule has 0 radical (unpaired) electrons. The van der Waals surface area contributed by atoms with Crippen LogP contribution in [0.3, 0.4) is 0 Å². The Morgan fingerprint density at radius 2 is 1.89 bits per heavy atom. The molecule has 2 saturated heterocycles. The number of piperazine rings is 1. The van der Waals surface area contributed by atoms with Crippen LogP contribution < -0.4 is 10.2 Å². The quantitative estimate of drug-likeness (QED) is 0.856. The van der Waals surface area contributed by atoms with E-state index in [1.54, 1.807) is 0 Å². The average molecular weight is 386 g/mol. The minimum Gasteiger partial charge on any atom is -0.381 e. The van der Waals surface area contributed by atoms with Gasteiger partial charge in [-0.05, 0) is 37.0 Å². The molecular formula is C21H30N4O3. The van der Waals surface area contributed by atoms with Crippen LogP contribution in [0.15, 0.2) is 18.2 Å². The van der Waals surface area contributed by atoms with Crippen molar-refractivity contribution in [2.24, 2.45) is 5.92 Å². The highest BCUT2D eigenvalue weighted by molar-refractivity contribution is 6.00. The molecule has 0 aliphatic carbocycles. The highest BCUT2D eigenvalue weighted by atomic mass is 16.5. The lowest BCUT2D eigenvalue weighted by Crippen LogP contribution is -2.50. The van der Waals surface area contributed by atoms with Crippen LogP contribution in [0.2, 0.25) is 0 Å². The molecule has 1 aromatic rings. The SMILES string of the molecule is CN1CCC(=O)Nc2cc(C(=O)N3CCN(CC4CCOCC4)CC3)ccc21. The summed E-state index contributed by atoms with van der Waals surface area (Å²) in [5, 5.41) is 2.93. The number of nitrogens with one attached hydrogen (secondary N) is 1. The van der Waals surface area contributed by atoms with Crippen molar-refractivity contribution in [2.45, 2.75) is 19.3 Å². The number of carbonyl (C=O) groups is 2. The van der Waals surface area contributed by atoms with Gasteiger partial charge >= 0.3 is 0 Å². The third kappa shape index (κ3) is 4.31. The van der Waals surface area contributed by atoms with Crippen molar-refractivity contribution in [1.29, 1.82) is 0 Å². The molecule has 28 heavy (non-hydrogen) atoms. The van der Waals surface area contributed by atoms with Crippen molar-refractivity contribution in [1.82, 2.24) is 9.80 Å². The van der Waals surface area contributed by atoms with E-state index < -0.39 is 0 Å². The second-order valence-electron chi connectivity index (χ2n) is 8.10. The molecule has 0 saturated carbocycles. The lowest BCUT2D eigenvalue weighted by Gasteiger charge is -2.37. The molecule has 0 unspecified atom stereocenters. The maximum absolute atomic E-state index is 13.0. The fraction of sp³-hybridized carbons (Fsp3) is 0.619. The molecule has 1 aromatic carbocycles. The van der Waals surface area contributed by atoms with Crippen LogP contribution in [-0.4, -0.2) is 81.1 Å². The second kappa shape index (κ2) is 8.49. The van der Waals surface area contributed by atoms with Crippen molar-refractivity contribution in [3.8, 4) is 0 Å². The Morgan fingerprint density at radius 1 is 1.14 bits per heavy atom. The fourth-order valence-electron chi connectivity index (χ4n) is 4.31. The van der Waals surface area contributed by atoms with Gasteiger partial charge in [-0.25, -0.2) is 0 Å². The first kappa shape index (κ1) is 19.2. The van der Waals surface area contributed by atoms with E-state index in [2.05, 4.69) is 15.1 Å². The van der Waals surface area contributed by atoms with E-state index in [0.29, 0.717) is 18.5 Å². The Labute approximate surface area is 166 Å². The van der Waals surface area contributed by atoms with Crippen LogP contribution in [0.1, 0.15) is 29.6 Å². The van der Waals surface area contributed by atoms with Gasteiger partial charge in [0.05, 0.1) is 11.4 Å². The van der Waals surface area contributed by atoms with E-state index in [9.17, 15) is 9.59 Å². The first-order valence-electron chi connectivity index (χ1n) is 10.3. The monoisotopic (exact) mass is 386 g/mol. The van der Waals surface area contributed by atoms with E-state index >= 15 is 0 Å². The topological polar surface area (TPSA) is 65.1 Å². The predicted molar refractivity (Wildman–Crippen MR) is 109 cm³/mol. The molecule has 2 fully saturated rings. The van der Waals surface area contributed by atoms with Gasteiger partial charge in [0.15, 0.2) is 0 Å². The molecule has 2 amide bonds. The molecule has 0 aromatic heterocycles. The second-order valence-corrected chi connectivity index (χ2v) is 8.10. The molecule has 1 N–H and O–H groups in total. The molecule has 3 heterocycles. The summed E-state index contributed by atoms with van der Waals surface area (Å²) < 4.78 is 5.45. The van der Waals surface area contributed by atoms with Crippen LogP contribution in [-0.2, 0) is 9.53 Å². The van der Waals surface area contributed by atoms with Gasteiger partial charge in [0, 0.05) is 71.5 Å². The summed E-state index contributed by atoms with van der Waals surface area (Å²) in [5.41, 5.74) is 2.34. The van der Waals surface area contributed by atoms with Crippen molar-refractivity contribution in [3.63, 3.8) is 0 Å². The van der Waals surface area contributed by atoms with E-state index in [0.717, 1.165) is 76.1 Å². The number of hydrogen-bond acceptors (Lipinski definition) is 5. The third-order valence-electron chi connectivity index (χ3n) is 6.12. The number of anilines is 2. The first-order valence-corrected chi connectivity index (χ1v) is 10.3. The van der Waals surface area contributed by atoms with Gasteiger partial charge in [-0.2, -0.15) is 0 Å². The van der Waals surface area contributed by atoms with Gasteiger partial charge in [-0.15, -0.1) is 0 Å². The van der Waals surface area contributed by atoms with Gasteiger partial charge < -0.3 is 19.9 Å². The minimum absolute atomic E-state index is 0.00285. The zero-order chi connectivity index (χ0) is 19.5. The highest BCUT2D eigenvalue weighted by Gasteiger charge is 2.26. The maximum Gasteiger partial charge on any atom is 0.254 e. The molecule has 0 atom stereocenters. The summed E-state index contributed by atoms with van der Waals surface area (Å²) >= 11 is 0. The summed E-state index contributed by atoms with van der Waals surface area (Å²) in [6, 6.07) is 5.64. The lowest BCUT2D eigenvalue weighted by atomic mass is 9.99. The van der Waals surface area contributed by atoms with E-state index in [4.69, 9.17) is 4.74 Å². The summed E-state index contributed by atoms with van der Waals surface area (Å²) in [7, 11) is 1.97. The zero-order valence-electron chi connectivity index (χ0n) is 16.7. The van der Waals surface area contributed by atoms with Crippen molar-refractivity contribution < 1.29 is 14.3 Å². The molecule has 4 rings (SSSR count). The Morgan fingerprint density at radius 3 is 2.64 bits per heavy atom. The fourth-order valence-corrected chi connectivity index (χ4v) is 4.31. The van der Waals surface area contributed by atoms with E-state index in [1.165, 1.54) is 0 Å². The largest absolute Gasteiger partial charge is 0.381 e. The van der Waals surface area contributed by atoms with Gasteiger partial charge in [-0.3, -0.25) is 14.5 Å². The zero-order valence-corrected chi connectivity index (χ0v) is 16.7. The van der Waals surface area contributed by atoms with E-state index in [-0.39, 0.29) is 11.8 Å². The maximum atomic E-state index is 13.0. The Kier molecular flexibility index (Phi) is 5.82. The number of fused-ring (bicyclic) bond motifs is 1. The number of hydrogen-bond donors (Lipinski definition) is 1. The van der Waals surface area contributed by atoms with Crippen LogP contribution in [0.25, 0.3) is 0 Å². The number of amides is 2. The number of carbonyl (C=O) groups excluding carboxylic acids is 2. The number of rotatable bonds is 3. The normalized spacial score (nSPS) is 21.8. The Hall–Kier alpha value is -2.12. The van der Waals surface area contributed by atoms with Crippen LogP contribution in [0.4, 0.5) is 11.4 Å². The van der Waals surface area contributed by atoms with Crippen molar-refractivity contribution in [3.05, 3.63) is 23.8 Å². The molecule has 0 bridgehead atoms. The van der Waals surface area contributed by atoms with Gasteiger partial charge in [0.2, 0.25) is 5.91 Å². The molecule has 7 nitrogen and oxygen atoms in total. The third-order valence-corrected chi connectivity index (χ3v) is 6.12. The predicted octanol–water partition coefficient (Wildman–Crippen LogP) is 1.65. The smallest absolute Gasteiger partial charge is 0.254 e. The van der Waals surface area contributed by atoms with Crippen LogP contribution in [0, 0.1) is 5.92 Å². The first-order chi connectivity index (χ1) is 13.6. The molecule has 7 heteroatoms. The van der Waals surface area contributed by atoms with Gasteiger partial charge in [0.25, 0.3) is 5.91 Å². The van der Waals surface area contributed by atoms with Crippen molar-refractivity contribution in [2.75, 3.05) is 69.7 Å². The summed E-state index contributed by atoms with van der Waals surface area (Å²) in [6.07, 6.45) is 2.76. The standard InChI is InChI=1S/C21H30N4O3/c1-23-7-4-20(26)22-18-14-17(2-3-19(18)23)21(27)25-10-8-24(9-11-25)15-16-5-12-28-13-6-16/h2-3,14,16H,4-13,15H2,1H3,(H,22,26). The molecule has 0 spiro atoms. The van der Waals surface area contributed by atoms with Crippen molar-refractivity contribution >= 4 is 23.2 Å². The minimum atomic E-state index is -0.00285. The lowest BCUT2D eigenvalue weighted by molar-refractivity contribution is -0.115. The average Bonchev–Trinajstić information content (AvgIpc) is 2.86. The highest BCUT2D eigenvalue weighted by Crippen LogP contribution is 2.29. The molecule has 152 valence electrons. The van der Waals surface area contributed by atoms with Gasteiger partial charge in [0.1, 0.15) is 0 Å². The molecule has 3 aliphatic heterocycles. The van der Waals surface area contributed by atoms with Crippen LogP contribution >= 0.6 is 0 Å². The van der Waals surface area contributed by atoms with Gasteiger partial charge in [-0.1, -0.05) is 0 Å². The summed E-state index contributed by atoms with van der Waals surface area (Å²) in [5.74, 6) is 0.771. The Bertz CT molecular complexity index is 724.